The minimum absolute atomic E-state index is 0.317. The molecule has 1 aromatic carbocycles. The summed E-state index contributed by atoms with van der Waals surface area (Å²) in [5.41, 5.74) is 0. The third-order valence-corrected chi connectivity index (χ3v) is 5.50. The second-order valence-electron chi connectivity index (χ2n) is 5.63. The fraction of sp³-hybridized carbons (Fsp3) is 0.600. The van der Waals surface area contributed by atoms with Crippen LogP contribution in [0.5, 0.6) is 0 Å². The van der Waals surface area contributed by atoms with Crippen LogP contribution in [0.4, 0.5) is 0 Å². The molecule has 1 atom stereocenters. The highest BCUT2D eigenvalue weighted by Gasteiger charge is 2.30. The van der Waals surface area contributed by atoms with Crippen molar-refractivity contribution < 1.29 is 19.4 Å². The first-order valence-electron chi connectivity index (χ1n) is 7.32. The number of nitrogens with zero attached hydrogens (tertiary/aromatic N) is 1. The van der Waals surface area contributed by atoms with Crippen molar-refractivity contribution in [2.45, 2.75) is 25.0 Å². The zero-order valence-corrected chi connectivity index (χ0v) is 13.9. The van der Waals surface area contributed by atoms with Gasteiger partial charge in [-0.3, -0.25) is 0 Å². The minimum atomic E-state index is -3.29. The third kappa shape index (κ3) is 7.70. The van der Waals surface area contributed by atoms with Crippen LogP contribution in [0.25, 0.3) is 0 Å². The highest BCUT2D eigenvalue weighted by molar-refractivity contribution is 6.78. The molecular formula is C15H27NO4Si. The summed E-state index contributed by atoms with van der Waals surface area (Å²) in [5.74, 6) is 0. The van der Waals surface area contributed by atoms with Crippen molar-refractivity contribution in [2.24, 2.45) is 0 Å². The van der Waals surface area contributed by atoms with E-state index in [1.54, 1.807) is 12.1 Å². The molecule has 0 spiro atoms. The molecule has 0 amide bonds. The Bertz CT molecular complexity index is 387. The average Bonchev–Trinajstić information content (AvgIpc) is 2.43. The van der Waals surface area contributed by atoms with Crippen LogP contribution in [0.15, 0.2) is 30.3 Å². The largest absolute Gasteiger partial charge is 0.407 e. The molecule has 0 aliphatic heterocycles. The molecule has 1 rings (SSSR count). The molecule has 6 heteroatoms. The van der Waals surface area contributed by atoms with Gasteiger partial charge < -0.3 is 24.3 Å². The van der Waals surface area contributed by atoms with Crippen LogP contribution in [0.1, 0.15) is 12.8 Å². The first kappa shape index (κ1) is 18.3. The van der Waals surface area contributed by atoms with Crippen molar-refractivity contribution in [2.75, 3.05) is 33.9 Å². The molecular weight excluding hydrogens is 286 g/mol. The maximum atomic E-state index is 10.1. The first-order chi connectivity index (χ1) is 9.92. The second-order valence-corrected chi connectivity index (χ2v) is 8.34. The quantitative estimate of drug-likeness (QED) is 0.420. The SMILES string of the molecule is CN(C)CC(O)COCCCC[Si](O)(O)c1ccccc1. The molecule has 0 aliphatic rings. The monoisotopic (exact) mass is 313 g/mol. The molecule has 0 heterocycles. The summed E-state index contributed by atoms with van der Waals surface area (Å²) < 4.78 is 5.39. The lowest BCUT2D eigenvalue weighted by Crippen LogP contribution is -2.48. The molecule has 0 saturated carbocycles. The fourth-order valence-corrected chi connectivity index (χ4v) is 3.88. The molecule has 0 aliphatic carbocycles. The molecule has 5 nitrogen and oxygen atoms in total. The van der Waals surface area contributed by atoms with E-state index < -0.39 is 14.7 Å². The van der Waals surface area contributed by atoms with Crippen molar-refractivity contribution in [3.63, 3.8) is 0 Å². The molecule has 0 radical (unpaired) electrons. The number of ether oxygens (including phenoxy) is 1. The normalized spacial score (nSPS) is 13.6. The summed E-state index contributed by atoms with van der Waals surface area (Å²) in [5, 5.41) is 10.3. The summed E-state index contributed by atoms with van der Waals surface area (Å²) in [4.78, 5) is 22.2. The lowest BCUT2D eigenvalue weighted by Gasteiger charge is -2.18. The van der Waals surface area contributed by atoms with Crippen LogP contribution in [0, 0.1) is 0 Å². The van der Waals surface area contributed by atoms with E-state index in [4.69, 9.17) is 4.74 Å². The topological polar surface area (TPSA) is 73.2 Å². The summed E-state index contributed by atoms with van der Waals surface area (Å²) >= 11 is 0. The van der Waals surface area contributed by atoms with Gasteiger partial charge in [-0.15, -0.1) is 0 Å². The van der Waals surface area contributed by atoms with E-state index >= 15 is 0 Å². The van der Waals surface area contributed by atoms with Crippen molar-refractivity contribution in [1.29, 1.82) is 0 Å². The van der Waals surface area contributed by atoms with Gasteiger partial charge in [-0.25, -0.2) is 0 Å². The van der Waals surface area contributed by atoms with Gasteiger partial charge in [0.2, 0.25) is 0 Å². The predicted molar refractivity (Wildman–Crippen MR) is 85.7 cm³/mol. The summed E-state index contributed by atoms with van der Waals surface area (Å²) in [6, 6.07) is 9.43. The summed E-state index contributed by atoms with van der Waals surface area (Å²) in [6.07, 6.45) is 0.989. The number of aliphatic hydroxyl groups is 1. The minimum Gasteiger partial charge on any atom is -0.407 e. The molecule has 1 unspecified atom stereocenters. The van der Waals surface area contributed by atoms with E-state index in [-0.39, 0.29) is 0 Å². The molecule has 1 aromatic rings. The van der Waals surface area contributed by atoms with Crippen LogP contribution in [-0.2, 0) is 4.74 Å². The van der Waals surface area contributed by atoms with Crippen LogP contribution in [0.2, 0.25) is 6.04 Å². The molecule has 120 valence electrons. The third-order valence-electron chi connectivity index (χ3n) is 3.19. The van der Waals surface area contributed by atoms with Gasteiger partial charge in [0, 0.05) is 13.2 Å². The highest BCUT2D eigenvalue weighted by Crippen LogP contribution is 2.08. The van der Waals surface area contributed by atoms with Gasteiger partial charge in [0.05, 0.1) is 12.7 Å². The number of aliphatic hydroxyl groups excluding tert-OH is 1. The van der Waals surface area contributed by atoms with Gasteiger partial charge in [-0.1, -0.05) is 30.3 Å². The maximum Gasteiger partial charge on any atom is 0.367 e. The second kappa shape index (κ2) is 9.29. The van der Waals surface area contributed by atoms with Crippen LogP contribution in [0.3, 0.4) is 0 Å². The van der Waals surface area contributed by atoms with E-state index in [2.05, 4.69) is 0 Å². The molecule has 0 fully saturated rings. The van der Waals surface area contributed by atoms with Gasteiger partial charge in [-0.2, -0.15) is 0 Å². The van der Waals surface area contributed by atoms with Gasteiger partial charge in [-0.05, 0) is 38.2 Å². The molecule has 0 bridgehead atoms. The Kier molecular flexibility index (Phi) is 8.09. The fourth-order valence-electron chi connectivity index (χ4n) is 2.12. The van der Waals surface area contributed by atoms with E-state index in [0.29, 0.717) is 37.4 Å². The van der Waals surface area contributed by atoms with Gasteiger partial charge >= 0.3 is 8.56 Å². The Morgan fingerprint density at radius 1 is 1.14 bits per heavy atom. The van der Waals surface area contributed by atoms with Crippen LogP contribution < -0.4 is 5.19 Å². The number of rotatable bonds is 10. The Hall–Kier alpha value is -0.763. The van der Waals surface area contributed by atoms with Crippen molar-refractivity contribution in [1.82, 2.24) is 4.90 Å². The number of hydrogen-bond donors (Lipinski definition) is 3. The Morgan fingerprint density at radius 2 is 1.81 bits per heavy atom. The standard InChI is InChI=1S/C15H27NO4Si/c1-16(2)12-14(17)13-20-10-6-7-11-21(18,19)15-8-4-3-5-9-15/h3-5,8-9,14,17-19H,6-7,10-13H2,1-2H3. The lowest BCUT2D eigenvalue weighted by molar-refractivity contribution is 0.0232. The Morgan fingerprint density at radius 3 is 2.43 bits per heavy atom. The summed E-state index contributed by atoms with van der Waals surface area (Å²) in [6.45, 7) is 1.43. The zero-order valence-electron chi connectivity index (χ0n) is 12.9. The van der Waals surface area contributed by atoms with Crippen LogP contribution in [-0.4, -0.2) is 68.1 Å². The number of likely N-dealkylation sites (N-methyl/N-ethyl adjacent to an activating group) is 1. The number of benzene rings is 1. The molecule has 3 N–H and O–H groups in total. The molecule has 0 saturated heterocycles. The van der Waals surface area contributed by atoms with E-state index in [1.807, 2.05) is 37.2 Å². The smallest absolute Gasteiger partial charge is 0.367 e. The zero-order chi connectivity index (χ0) is 15.7. The summed E-state index contributed by atoms with van der Waals surface area (Å²) in [7, 11) is 0.510. The van der Waals surface area contributed by atoms with Crippen molar-refractivity contribution in [3.8, 4) is 0 Å². The predicted octanol–water partition coefficient (Wildman–Crippen LogP) is 0.0397. The number of hydrogen-bond acceptors (Lipinski definition) is 5. The first-order valence-corrected chi connectivity index (χ1v) is 9.43. The average molecular weight is 313 g/mol. The van der Waals surface area contributed by atoms with Crippen molar-refractivity contribution >= 4 is 13.7 Å². The van der Waals surface area contributed by atoms with E-state index in [0.717, 1.165) is 6.42 Å². The van der Waals surface area contributed by atoms with E-state index in [1.165, 1.54) is 0 Å². The van der Waals surface area contributed by atoms with Gasteiger partial charge in [0.1, 0.15) is 0 Å². The highest BCUT2D eigenvalue weighted by atomic mass is 28.4. The van der Waals surface area contributed by atoms with Crippen molar-refractivity contribution in [3.05, 3.63) is 30.3 Å². The van der Waals surface area contributed by atoms with Gasteiger partial charge in [0.25, 0.3) is 0 Å². The Labute approximate surface area is 128 Å². The lowest BCUT2D eigenvalue weighted by atomic mass is 10.3. The van der Waals surface area contributed by atoms with Crippen LogP contribution >= 0.6 is 0 Å². The Balaban J connectivity index is 2.14. The number of unbranched alkanes of at least 4 members (excludes halogenated alkanes) is 1. The van der Waals surface area contributed by atoms with Gasteiger partial charge in [0.15, 0.2) is 0 Å². The molecule has 21 heavy (non-hydrogen) atoms. The molecule has 0 aromatic heterocycles. The van der Waals surface area contributed by atoms with E-state index in [9.17, 15) is 14.7 Å². The maximum absolute atomic E-state index is 10.1.